The van der Waals surface area contributed by atoms with E-state index in [9.17, 15) is 23.1 Å². The fourth-order valence-corrected chi connectivity index (χ4v) is 3.18. The predicted octanol–water partition coefficient (Wildman–Crippen LogP) is 4.11. The van der Waals surface area contributed by atoms with Gasteiger partial charge in [0.05, 0.1) is 24.3 Å². The molecule has 6 nitrogen and oxygen atoms in total. The zero-order valence-electron chi connectivity index (χ0n) is 18.4. The van der Waals surface area contributed by atoms with E-state index in [-0.39, 0.29) is 31.0 Å². The number of hydrogen-bond donors (Lipinski definition) is 1. The topological polar surface area (TPSA) is 71.9 Å². The molecule has 0 aliphatic carbocycles. The molecule has 32 heavy (non-hydrogen) atoms. The number of aliphatic hydroxyl groups excluding tert-OH is 1. The van der Waals surface area contributed by atoms with Crippen LogP contribution in [-0.2, 0) is 17.4 Å². The summed E-state index contributed by atoms with van der Waals surface area (Å²) in [4.78, 5) is 18.5. The lowest BCUT2D eigenvalue weighted by Gasteiger charge is -2.31. The van der Waals surface area contributed by atoms with Gasteiger partial charge in [-0.15, -0.1) is 0 Å². The number of aliphatic hydroxyl groups is 1. The van der Waals surface area contributed by atoms with Crippen molar-refractivity contribution in [2.75, 3.05) is 19.8 Å². The fraction of sp³-hybridized carbons (Fsp3) is 0.478. The Morgan fingerprint density at radius 3 is 2.44 bits per heavy atom. The predicted molar refractivity (Wildman–Crippen MR) is 114 cm³/mol. The zero-order chi connectivity index (χ0) is 23.7. The summed E-state index contributed by atoms with van der Waals surface area (Å²) in [6, 6.07) is 5.36. The lowest BCUT2D eigenvalue weighted by atomic mass is 10.1. The molecule has 0 saturated heterocycles. The third-order valence-electron chi connectivity index (χ3n) is 4.66. The van der Waals surface area contributed by atoms with Gasteiger partial charge in [0, 0.05) is 30.9 Å². The maximum Gasteiger partial charge on any atom is 0.416 e. The molecule has 2 aromatic rings. The standard InChI is InChI=1S/C23H29F3N2O4/c1-4-11-28(19(14-29)12-17-13-27-10-9-21(17)32-16(2)3)22(30)15-31-20-7-5-18(6-8-20)23(24,25)26/h5-10,13,16,19,29H,4,11-12,14-15H2,1-3H3. The minimum Gasteiger partial charge on any atom is -0.491 e. The number of aromatic nitrogens is 1. The summed E-state index contributed by atoms with van der Waals surface area (Å²) < 4.78 is 49.3. The summed E-state index contributed by atoms with van der Waals surface area (Å²) >= 11 is 0. The van der Waals surface area contributed by atoms with Crippen molar-refractivity contribution in [3.05, 3.63) is 53.9 Å². The second-order valence-electron chi connectivity index (χ2n) is 7.59. The van der Waals surface area contributed by atoms with Gasteiger partial charge in [-0.2, -0.15) is 13.2 Å². The monoisotopic (exact) mass is 454 g/mol. The van der Waals surface area contributed by atoms with Crippen LogP contribution in [0.25, 0.3) is 0 Å². The van der Waals surface area contributed by atoms with Gasteiger partial charge >= 0.3 is 6.18 Å². The van der Waals surface area contributed by atoms with Gasteiger partial charge in [0.2, 0.25) is 0 Å². The van der Waals surface area contributed by atoms with Gasteiger partial charge in [-0.25, -0.2) is 0 Å². The van der Waals surface area contributed by atoms with Crippen LogP contribution in [-0.4, -0.2) is 52.8 Å². The van der Waals surface area contributed by atoms with Crippen molar-refractivity contribution in [3.8, 4) is 11.5 Å². The smallest absolute Gasteiger partial charge is 0.416 e. The molecule has 0 fully saturated rings. The number of pyridine rings is 1. The number of hydrogen-bond acceptors (Lipinski definition) is 5. The van der Waals surface area contributed by atoms with Crippen LogP contribution in [0.15, 0.2) is 42.7 Å². The first kappa shape index (κ1) is 25.5. The number of benzene rings is 1. The number of ether oxygens (including phenoxy) is 2. The molecule has 2 rings (SSSR count). The Hall–Kier alpha value is -2.81. The van der Waals surface area contributed by atoms with Gasteiger partial charge in [-0.05, 0) is 50.6 Å². The molecule has 1 N–H and O–H groups in total. The summed E-state index contributed by atoms with van der Waals surface area (Å²) in [5, 5.41) is 10.00. The number of rotatable bonds is 11. The molecule has 0 spiro atoms. The maximum atomic E-state index is 12.8. The molecule has 1 aromatic carbocycles. The molecule has 0 aliphatic rings. The molecule has 9 heteroatoms. The molecule has 1 amide bonds. The van der Waals surface area contributed by atoms with Crippen LogP contribution in [0.3, 0.4) is 0 Å². The van der Waals surface area contributed by atoms with Crippen molar-refractivity contribution >= 4 is 5.91 Å². The number of amides is 1. The second-order valence-corrected chi connectivity index (χ2v) is 7.59. The van der Waals surface area contributed by atoms with E-state index in [0.29, 0.717) is 25.1 Å². The molecule has 0 aliphatic heterocycles. The first-order valence-corrected chi connectivity index (χ1v) is 10.5. The highest BCUT2D eigenvalue weighted by Gasteiger charge is 2.30. The molecule has 1 atom stereocenters. The average Bonchev–Trinajstić information content (AvgIpc) is 2.75. The second kappa shape index (κ2) is 11.7. The molecule has 0 saturated carbocycles. The van der Waals surface area contributed by atoms with Crippen molar-refractivity contribution in [3.63, 3.8) is 0 Å². The number of halogens is 3. The third kappa shape index (κ3) is 7.40. The van der Waals surface area contributed by atoms with E-state index in [1.54, 1.807) is 18.5 Å². The van der Waals surface area contributed by atoms with Gasteiger partial charge in [0.15, 0.2) is 6.61 Å². The Balaban J connectivity index is 2.09. The summed E-state index contributed by atoms with van der Waals surface area (Å²) in [6.07, 6.45) is -0.237. The Bertz CT molecular complexity index is 857. The van der Waals surface area contributed by atoms with Crippen molar-refractivity contribution in [2.24, 2.45) is 0 Å². The van der Waals surface area contributed by atoms with Crippen molar-refractivity contribution in [1.29, 1.82) is 0 Å². The first-order chi connectivity index (χ1) is 15.2. The van der Waals surface area contributed by atoms with Gasteiger partial charge < -0.3 is 19.5 Å². The largest absolute Gasteiger partial charge is 0.491 e. The highest BCUT2D eigenvalue weighted by atomic mass is 19.4. The molecular weight excluding hydrogens is 425 g/mol. The van der Waals surface area contributed by atoms with Crippen LogP contribution in [0.4, 0.5) is 13.2 Å². The van der Waals surface area contributed by atoms with E-state index in [1.807, 2.05) is 20.8 Å². The minimum absolute atomic E-state index is 0.0470. The fourth-order valence-electron chi connectivity index (χ4n) is 3.18. The Morgan fingerprint density at radius 2 is 1.88 bits per heavy atom. The van der Waals surface area contributed by atoms with Crippen molar-refractivity contribution in [1.82, 2.24) is 9.88 Å². The summed E-state index contributed by atoms with van der Waals surface area (Å²) in [6.45, 7) is 5.47. The van der Waals surface area contributed by atoms with E-state index in [4.69, 9.17) is 9.47 Å². The highest BCUT2D eigenvalue weighted by molar-refractivity contribution is 5.78. The molecule has 1 unspecified atom stereocenters. The van der Waals surface area contributed by atoms with E-state index < -0.39 is 17.8 Å². The molecule has 1 aromatic heterocycles. The van der Waals surface area contributed by atoms with Crippen LogP contribution in [0, 0.1) is 0 Å². The average molecular weight is 454 g/mol. The summed E-state index contributed by atoms with van der Waals surface area (Å²) in [5.74, 6) is 0.419. The summed E-state index contributed by atoms with van der Waals surface area (Å²) in [5.41, 5.74) is -0.0298. The van der Waals surface area contributed by atoms with E-state index in [2.05, 4.69) is 4.98 Å². The van der Waals surface area contributed by atoms with Crippen LogP contribution in [0.1, 0.15) is 38.3 Å². The molecule has 1 heterocycles. The Labute approximate surface area is 186 Å². The van der Waals surface area contributed by atoms with Crippen molar-refractivity contribution in [2.45, 2.75) is 51.9 Å². The van der Waals surface area contributed by atoms with Crippen LogP contribution < -0.4 is 9.47 Å². The van der Waals surface area contributed by atoms with Crippen LogP contribution in [0.5, 0.6) is 11.5 Å². The van der Waals surface area contributed by atoms with Gasteiger partial charge in [0.25, 0.3) is 5.91 Å². The van der Waals surface area contributed by atoms with Crippen LogP contribution in [0.2, 0.25) is 0 Å². The lowest BCUT2D eigenvalue weighted by molar-refractivity contribution is -0.138. The molecular formula is C23H29F3N2O4. The van der Waals surface area contributed by atoms with Gasteiger partial charge in [-0.1, -0.05) is 6.92 Å². The maximum absolute atomic E-state index is 12.8. The van der Waals surface area contributed by atoms with Gasteiger partial charge in [-0.3, -0.25) is 9.78 Å². The number of carbonyl (C=O) groups is 1. The lowest BCUT2D eigenvalue weighted by Crippen LogP contribution is -2.46. The number of nitrogens with zero attached hydrogens (tertiary/aromatic N) is 2. The molecule has 0 radical (unpaired) electrons. The van der Waals surface area contributed by atoms with Gasteiger partial charge in [0.1, 0.15) is 11.5 Å². The highest BCUT2D eigenvalue weighted by Crippen LogP contribution is 2.30. The third-order valence-corrected chi connectivity index (χ3v) is 4.66. The minimum atomic E-state index is -4.44. The number of alkyl halides is 3. The zero-order valence-corrected chi connectivity index (χ0v) is 18.4. The molecule has 0 bridgehead atoms. The number of carbonyl (C=O) groups excluding carboxylic acids is 1. The normalized spacial score (nSPS) is 12.5. The molecule has 176 valence electrons. The SMILES string of the molecule is CCCN(C(=O)COc1ccc(C(F)(F)F)cc1)C(CO)Cc1cnccc1OC(C)C. The van der Waals surface area contributed by atoms with Crippen molar-refractivity contribution < 1.29 is 32.5 Å². The summed E-state index contributed by atoms with van der Waals surface area (Å²) in [7, 11) is 0. The van der Waals surface area contributed by atoms with E-state index >= 15 is 0 Å². The first-order valence-electron chi connectivity index (χ1n) is 10.5. The van der Waals surface area contributed by atoms with E-state index in [1.165, 1.54) is 17.0 Å². The quantitative estimate of drug-likeness (QED) is 0.553. The Kier molecular flexibility index (Phi) is 9.31. The van der Waals surface area contributed by atoms with E-state index in [0.717, 1.165) is 17.7 Å². The Morgan fingerprint density at radius 1 is 1.19 bits per heavy atom. The van der Waals surface area contributed by atoms with Crippen LogP contribution >= 0.6 is 0 Å².